The lowest BCUT2D eigenvalue weighted by molar-refractivity contribution is -0.129. The first-order chi connectivity index (χ1) is 12.9. The summed E-state index contributed by atoms with van der Waals surface area (Å²) < 4.78 is 21.4. The van der Waals surface area contributed by atoms with E-state index in [0.717, 1.165) is 16.7 Å². The highest BCUT2D eigenvalue weighted by Gasteiger charge is 2.25. The van der Waals surface area contributed by atoms with Gasteiger partial charge in [-0.25, -0.2) is 9.79 Å². The van der Waals surface area contributed by atoms with Crippen molar-refractivity contribution in [2.45, 2.75) is 13.8 Å². The Morgan fingerprint density at radius 1 is 0.852 bits per heavy atom. The topological polar surface area (TPSA) is 66.3 Å². The van der Waals surface area contributed by atoms with Gasteiger partial charge in [0.05, 0.1) is 21.3 Å². The molecular weight excluding hydrogens is 346 g/mol. The van der Waals surface area contributed by atoms with Gasteiger partial charge in [0.1, 0.15) is 5.75 Å². The molecule has 0 amide bonds. The fourth-order valence-corrected chi connectivity index (χ4v) is 2.94. The van der Waals surface area contributed by atoms with Crippen LogP contribution in [0.25, 0.3) is 6.08 Å². The number of carbonyl (C=O) groups excluding carboxylic acids is 1. The number of hydrogen-bond acceptors (Lipinski definition) is 6. The van der Waals surface area contributed by atoms with E-state index in [1.807, 2.05) is 32.0 Å². The Bertz CT molecular complexity index is 939. The van der Waals surface area contributed by atoms with Gasteiger partial charge in [0.2, 0.25) is 5.90 Å². The number of rotatable bonds is 5. The average Bonchev–Trinajstić information content (AvgIpc) is 3.01. The third kappa shape index (κ3) is 3.79. The van der Waals surface area contributed by atoms with Crippen molar-refractivity contribution in [2.75, 3.05) is 21.3 Å². The molecular formula is C21H21NO5. The molecule has 0 saturated carbocycles. The first-order valence-electron chi connectivity index (χ1n) is 8.36. The van der Waals surface area contributed by atoms with Gasteiger partial charge in [-0.3, -0.25) is 0 Å². The molecule has 0 radical (unpaired) electrons. The zero-order valence-electron chi connectivity index (χ0n) is 16.0. The summed E-state index contributed by atoms with van der Waals surface area (Å²) in [6.07, 6.45) is 1.61. The van der Waals surface area contributed by atoms with E-state index in [-0.39, 0.29) is 11.6 Å². The second-order valence-corrected chi connectivity index (χ2v) is 6.16. The van der Waals surface area contributed by atoms with Gasteiger partial charge in [-0.05, 0) is 38.1 Å². The minimum absolute atomic E-state index is 0.190. The van der Waals surface area contributed by atoms with Crippen molar-refractivity contribution in [3.8, 4) is 17.2 Å². The number of hydrogen-bond donors (Lipinski definition) is 0. The summed E-state index contributed by atoms with van der Waals surface area (Å²) >= 11 is 0. The number of methoxy groups -OCH3 is 3. The summed E-state index contributed by atoms with van der Waals surface area (Å²) in [5, 5.41) is 0. The van der Waals surface area contributed by atoms with E-state index >= 15 is 0 Å². The van der Waals surface area contributed by atoms with Crippen molar-refractivity contribution in [3.63, 3.8) is 0 Å². The van der Waals surface area contributed by atoms with Crippen LogP contribution in [0.3, 0.4) is 0 Å². The van der Waals surface area contributed by atoms with E-state index < -0.39 is 5.97 Å². The van der Waals surface area contributed by atoms with E-state index in [4.69, 9.17) is 18.9 Å². The van der Waals surface area contributed by atoms with Crippen LogP contribution in [0.1, 0.15) is 22.3 Å². The predicted molar refractivity (Wildman–Crippen MR) is 103 cm³/mol. The maximum atomic E-state index is 12.3. The highest BCUT2D eigenvalue weighted by Crippen LogP contribution is 2.36. The number of cyclic esters (lactones) is 1. The molecule has 2 aromatic carbocycles. The Hall–Kier alpha value is -3.28. The number of nitrogens with zero attached hydrogens (tertiary/aromatic N) is 1. The molecule has 27 heavy (non-hydrogen) atoms. The molecule has 0 saturated heterocycles. The predicted octanol–water partition coefficient (Wildman–Crippen LogP) is 3.67. The van der Waals surface area contributed by atoms with Crippen LogP contribution in [0.15, 0.2) is 41.0 Å². The molecule has 140 valence electrons. The Kier molecular flexibility index (Phi) is 5.16. The van der Waals surface area contributed by atoms with E-state index in [0.29, 0.717) is 22.8 Å². The molecule has 0 spiro atoms. The third-order valence-electron chi connectivity index (χ3n) is 4.12. The molecule has 1 aliphatic heterocycles. The van der Waals surface area contributed by atoms with Crippen LogP contribution in [0.2, 0.25) is 0 Å². The minimum Gasteiger partial charge on any atom is -0.496 e. The van der Waals surface area contributed by atoms with Crippen molar-refractivity contribution in [2.24, 2.45) is 4.99 Å². The fraction of sp³-hybridized carbons (Fsp3) is 0.238. The van der Waals surface area contributed by atoms with Gasteiger partial charge in [-0.2, -0.15) is 0 Å². The van der Waals surface area contributed by atoms with Gasteiger partial charge in [0, 0.05) is 17.2 Å². The lowest BCUT2D eigenvalue weighted by atomic mass is 10.1. The Morgan fingerprint density at radius 3 is 2.04 bits per heavy atom. The molecule has 1 aliphatic rings. The molecule has 6 heteroatoms. The van der Waals surface area contributed by atoms with Gasteiger partial charge >= 0.3 is 5.97 Å². The summed E-state index contributed by atoms with van der Waals surface area (Å²) in [4.78, 5) is 16.7. The molecule has 0 unspecified atom stereocenters. The quantitative estimate of drug-likeness (QED) is 0.596. The maximum absolute atomic E-state index is 12.3. The molecule has 0 fully saturated rings. The van der Waals surface area contributed by atoms with Gasteiger partial charge in [-0.1, -0.05) is 17.2 Å². The minimum atomic E-state index is -0.513. The van der Waals surface area contributed by atoms with Crippen molar-refractivity contribution >= 4 is 17.9 Å². The number of aliphatic imine (C=N–C) groups is 1. The molecule has 0 bridgehead atoms. The number of esters is 1. The Morgan fingerprint density at radius 2 is 1.44 bits per heavy atom. The summed E-state index contributed by atoms with van der Waals surface area (Å²) in [5.41, 5.74) is 3.73. The summed E-state index contributed by atoms with van der Waals surface area (Å²) in [6, 6.07) is 9.33. The monoisotopic (exact) mass is 367 g/mol. The lowest BCUT2D eigenvalue weighted by Gasteiger charge is -2.12. The SMILES string of the molecule is COc1cc(OC)c(OC)cc1/C=C1\N=C(c2cc(C)cc(C)c2)OC1=O. The molecule has 0 aliphatic carbocycles. The first kappa shape index (κ1) is 18.5. The van der Waals surface area contributed by atoms with Crippen LogP contribution < -0.4 is 14.2 Å². The number of carbonyl (C=O) groups is 1. The van der Waals surface area contributed by atoms with Gasteiger partial charge in [-0.15, -0.1) is 0 Å². The van der Waals surface area contributed by atoms with Crippen LogP contribution >= 0.6 is 0 Å². The summed E-state index contributed by atoms with van der Waals surface area (Å²) in [7, 11) is 4.63. The van der Waals surface area contributed by atoms with Crippen molar-refractivity contribution in [3.05, 3.63) is 58.3 Å². The van der Waals surface area contributed by atoms with Crippen LogP contribution in [0.5, 0.6) is 17.2 Å². The lowest BCUT2D eigenvalue weighted by Crippen LogP contribution is -2.06. The first-order valence-corrected chi connectivity index (χ1v) is 8.36. The molecule has 6 nitrogen and oxygen atoms in total. The highest BCUT2D eigenvalue weighted by molar-refractivity contribution is 6.13. The van der Waals surface area contributed by atoms with Crippen LogP contribution in [0.4, 0.5) is 0 Å². The zero-order chi connectivity index (χ0) is 19.6. The maximum Gasteiger partial charge on any atom is 0.363 e. The van der Waals surface area contributed by atoms with Crippen LogP contribution in [-0.4, -0.2) is 33.2 Å². The second kappa shape index (κ2) is 7.53. The smallest absolute Gasteiger partial charge is 0.363 e. The number of benzene rings is 2. The molecule has 1 heterocycles. The Labute approximate surface area is 158 Å². The fourth-order valence-electron chi connectivity index (χ4n) is 2.94. The summed E-state index contributed by atoms with van der Waals surface area (Å²) in [5.74, 6) is 1.36. The van der Waals surface area contributed by atoms with Crippen molar-refractivity contribution in [1.82, 2.24) is 0 Å². The van der Waals surface area contributed by atoms with Crippen LogP contribution in [-0.2, 0) is 9.53 Å². The van der Waals surface area contributed by atoms with Gasteiger partial charge in [0.15, 0.2) is 17.2 Å². The third-order valence-corrected chi connectivity index (χ3v) is 4.12. The highest BCUT2D eigenvalue weighted by atomic mass is 16.6. The summed E-state index contributed by atoms with van der Waals surface area (Å²) in [6.45, 7) is 3.97. The van der Waals surface area contributed by atoms with Crippen molar-refractivity contribution < 1.29 is 23.7 Å². The molecule has 0 atom stereocenters. The molecule has 0 N–H and O–H groups in total. The zero-order valence-corrected chi connectivity index (χ0v) is 16.0. The Balaban J connectivity index is 2.04. The average molecular weight is 367 g/mol. The largest absolute Gasteiger partial charge is 0.496 e. The number of ether oxygens (including phenoxy) is 4. The van der Waals surface area contributed by atoms with Gasteiger partial charge < -0.3 is 18.9 Å². The normalized spacial score (nSPS) is 14.8. The molecule has 3 rings (SSSR count). The van der Waals surface area contributed by atoms with E-state index in [9.17, 15) is 4.79 Å². The second-order valence-electron chi connectivity index (χ2n) is 6.16. The van der Waals surface area contributed by atoms with Crippen molar-refractivity contribution in [1.29, 1.82) is 0 Å². The van der Waals surface area contributed by atoms with E-state index in [1.165, 1.54) is 0 Å². The van der Waals surface area contributed by atoms with Gasteiger partial charge in [0.25, 0.3) is 0 Å². The van der Waals surface area contributed by atoms with E-state index in [1.54, 1.807) is 39.5 Å². The molecule has 2 aromatic rings. The van der Waals surface area contributed by atoms with Crippen LogP contribution in [0, 0.1) is 13.8 Å². The number of aryl methyl sites for hydroxylation is 2. The molecule has 0 aromatic heterocycles. The van der Waals surface area contributed by atoms with E-state index in [2.05, 4.69) is 4.99 Å². The standard InChI is InChI=1S/C21H21NO5/c1-12-6-13(2)8-15(7-12)20-22-16(21(23)27-20)9-14-10-18(25-4)19(26-5)11-17(14)24-3/h6-11H,1-5H3/b16-9-.